The van der Waals surface area contributed by atoms with Crippen LogP contribution in [-0.2, 0) is 6.54 Å². The van der Waals surface area contributed by atoms with E-state index in [-0.39, 0.29) is 0 Å². The first kappa shape index (κ1) is 10.6. The van der Waals surface area contributed by atoms with E-state index in [1.165, 1.54) is 5.56 Å². The molecule has 0 aliphatic carbocycles. The van der Waals surface area contributed by atoms with Crippen LogP contribution in [0.2, 0.25) is 0 Å². The van der Waals surface area contributed by atoms with Crippen molar-refractivity contribution in [3.8, 4) is 5.75 Å². The molecule has 0 fully saturated rings. The standard InChI is InChI=1S/C14H15NO/c1-15(11-12-6-3-2-4-7-12)13-8-5-9-14(16)10-13/h2-10,16H,11H2,1H3. The zero-order chi connectivity index (χ0) is 11.4. The highest BCUT2D eigenvalue weighted by Gasteiger charge is 2.02. The number of hydrogen-bond donors (Lipinski definition) is 1. The van der Waals surface area contributed by atoms with Crippen molar-refractivity contribution in [2.24, 2.45) is 0 Å². The van der Waals surface area contributed by atoms with E-state index in [9.17, 15) is 5.11 Å². The summed E-state index contributed by atoms with van der Waals surface area (Å²) in [7, 11) is 2.02. The number of aromatic hydroxyl groups is 1. The number of benzene rings is 2. The van der Waals surface area contributed by atoms with Crippen molar-refractivity contribution in [3.63, 3.8) is 0 Å². The first-order valence-corrected chi connectivity index (χ1v) is 5.30. The molecule has 0 radical (unpaired) electrons. The van der Waals surface area contributed by atoms with Gasteiger partial charge in [0.25, 0.3) is 0 Å². The molecule has 2 heteroatoms. The zero-order valence-corrected chi connectivity index (χ0v) is 9.30. The molecule has 0 aromatic heterocycles. The van der Waals surface area contributed by atoms with Crippen molar-refractivity contribution in [3.05, 3.63) is 60.2 Å². The Bertz CT molecular complexity index is 453. The van der Waals surface area contributed by atoms with E-state index in [0.717, 1.165) is 12.2 Å². The van der Waals surface area contributed by atoms with Gasteiger partial charge in [-0.2, -0.15) is 0 Å². The van der Waals surface area contributed by atoms with Crippen molar-refractivity contribution in [1.29, 1.82) is 0 Å². The number of anilines is 1. The molecule has 0 saturated carbocycles. The second-order valence-electron chi connectivity index (χ2n) is 3.86. The van der Waals surface area contributed by atoms with Gasteiger partial charge in [0.15, 0.2) is 0 Å². The first-order chi connectivity index (χ1) is 7.75. The number of phenolic OH excluding ortho intramolecular Hbond substituents is 1. The molecule has 0 aliphatic rings. The van der Waals surface area contributed by atoms with Gasteiger partial charge >= 0.3 is 0 Å². The molecule has 2 rings (SSSR count). The lowest BCUT2D eigenvalue weighted by molar-refractivity contribution is 0.475. The Morgan fingerprint density at radius 1 is 1.00 bits per heavy atom. The van der Waals surface area contributed by atoms with E-state index in [4.69, 9.17) is 0 Å². The Balaban J connectivity index is 2.12. The van der Waals surface area contributed by atoms with Crippen LogP contribution in [0.5, 0.6) is 5.75 Å². The van der Waals surface area contributed by atoms with Gasteiger partial charge in [0, 0.05) is 25.3 Å². The molecule has 0 unspecified atom stereocenters. The third-order valence-electron chi connectivity index (χ3n) is 2.53. The monoisotopic (exact) mass is 213 g/mol. The maximum atomic E-state index is 9.40. The predicted octanol–water partition coefficient (Wildman–Crippen LogP) is 3.03. The average molecular weight is 213 g/mol. The molecule has 0 aliphatic heterocycles. The van der Waals surface area contributed by atoms with Crippen LogP contribution >= 0.6 is 0 Å². The van der Waals surface area contributed by atoms with Gasteiger partial charge in [-0.25, -0.2) is 0 Å². The quantitative estimate of drug-likeness (QED) is 0.847. The molecule has 16 heavy (non-hydrogen) atoms. The van der Waals surface area contributed by atoms with Gasteiger partial charge in [0.05, 0.1) is 0 Å². The summed E-state index contributed by atoms with van der Waals surface area (Å²) in [4.78, 5) is 2.11. The van der Waals surface area contributed by atoms with Gasteiger partial charge < -0.3 is 10.0 Å². The summed E-state index contributed by atoms with van der Waals surface area (Å²) >= 11 is 0. The number of rotatable bonds is 3. The molecule has 0 spiro atoms. The molecule has 0 atom stereocenters. The summed E-state index contributed by atoms with van der Waals surface area (Å²) in [6, 6.07) is 17.6. The van der Waals surface area contributed by atoms with E-state index in [1.807, 2.05) is 37.4 Å². The van der Waals surface area contributed by atoms with E-state index < -0.39 is 0 Å². The molecule has 2 aromatic carbocycles. The summed E-state index contributed by atoms with van der Waals surface area (Å²) < 4.78 is 0. The van der Waals surface area contributed by atoms with Crippen molar-refractivity contribution >= 4 is 5.69 Å². The van der Waals surface area contributed by atoms with Crippen LogP contribution in [0.3, 0.4) is 0 Å². The highest BCUT2D eigenvalue weighted by atomic mass is 16.3. The van der Waals surface area contributed by atoms with Crippen LogP contribution in [0.25, 0.3) is 0 Å². The lowest BCUT2D eigenvalue weighted by atomic mass is 10.2. The van der Waals surface area contributed by atoms with Crippen molar-refractivity contribution < 1.29 is 5.11 Å². The third-order valence-corrected chi connectivity index (χ3v) is 2.53. The van der Waals surface area contributed by atoms with Crippen molar-refractivity contribution in [2.45, 2.75) is 6.54 Å². The van der Waals surface area contributed by atoms with Crippen molar-refractivity contribution in [2.75, 3.05) is 11.9 Å². The Kier molecular flexibility index (Phi) is 3.10. The summed E-state index contributed by atoms with van der Waals surface area (Å²) in [6.45, 7) is 0.838. The van der Waals surface area contributed by atoms with E-state index in [2.05, 4.69) is 17.0 Å². The van der Waals surface area contributed by atoms with E-state index in [1.54, 1.807) is 12.1 Å². The molecule has 82 valence electrons. The fourth-order valence-corrected chi connectivity index (χ4v) is 1.68. The van der Waals surface area contributed by atoms with Crippen LogP contribution in [-0.4, -0.2) is 12.2 Å². The van der Waals surface area contributed by atoms with Gasteiger partial charge in [0.1, 0.15) is 5.75 Å². The van der Waals surface area contributed by atoms with Crippen molar-refractivity contribution in [1.82, 2.24) is 0 Å². The van der Waals surface area contributed by atoms with Gasteiger partial charge in [-0.05, 0) is 17.7 Å². The molecular formula is C14H15NO. The first-order valence-electron chi connectivity index (χ1n) is 5.30. The molecular weight excluding hydrogens is 198 g/mol. The maximum Gasteiger partial charge on any atom is 0.117 e. The largest absolute Gasteiger partial charge is 0.508 e. The summed E-state index contributed by atoms with van der Waals surface area (Å²) in [6.07, 6.45) is 0. The van der Waals surface area contributed by atoms with E-state index >= 15 is 0 Å². The lowest BCUT2D eigenvalue weighted by Crippen LogP contribution is -2.15. The van der Waals surface area contributed by atoms with Crippen LogP contribution in [0.4, 0.5) is 5.69 Å². The summed E-state index contributed by atoms with van der Waals surface area (Å²) in [5, 5.41) is 9.40. The molecule has 0 bridgehead atoms. The fourth-order valence-electron chi connectivity index (χ4n) is 1.68. The van der Waals surface area contributed by atoms with Crippen LogP contribution in [0.15, 0.2) is 54.6 Å². The van der Waals surface area contributed by atoms with Gasteiger partial charge in [-0.1, -0.05) is 36.4 Å². The number of hydrogen-bond acceptors (Lipinski definition) is 2. The maximum absolute atomic E-state index is 9.40. The summed E-state index contributed by atoms with van der Waals surface area (Å²) in [5.41, 5.74) is 2.28. The molecule has 2 aromatic rings. The minimum atomic E-state index is 0.303. The molecule has 1 N–H and O–H groups in total. The molecule has 0 amide bonds. The number of phenols is 1. The molecule has 0 saturated heterocycles. The Hall–Kier alpha value is -1.96. The Labute approximate surface area is 95.8 Å². The highest BCUT2D eigenvalue weighted by molar-refractivity contribution is 5.50. The van der Waals surface area contributed by atoms with Crippen LogP contribution in [0.1, 0.15) is 5.56 Å². The Morgan fingerprint density at radius 2 is 1.75 bits per heavy atom. The van der Waals surface area contributed by atoms with Gasteiger partial charge in [0.2, 0.25) is 0 Å². The minimum absolute atomic E-state index is 0.303. The molecule has 0 heterocycles. The topological polar surface area (TPSA) is 23.5 Å². The lowest BCUT2D eigenvalue weighted by Gasteiger charge is -2.19. The molecule has 2 nitrogen and oxygen atoms in total. The third kappa shape index (κ3) is 2.54. The predicted molar refractivity (Wildman–Crippen MR) is 66.7 cm³/mol. The van der Waals surface area contributed by atoms with Crippen LogP contribution in [0, 0.1) is 0 Å². The second-order valence-corrected chi connectivity index (χ2v) is 3.86. The summed E-state index contributed by atoms with van der Waals surface area (Å²) in [5.74, 6) is 0.303. The fraction of sp³-hybridized carbons (Fsp3) is 0.143. The minimum Gasteiger partial charge on any atom is -0.508 e. The second kappa shape index (κ2) is 4.71. The SMILES string of the molecule is CN(Cc1ccccc1)c1cccc(O)c1. The van der Waals surface area contributed by atoms with Gasteiger partial charge in [-0.15, -0.1) is 0 Å². The normalized spacial score (nSPS) is 10.1. The average Bonchev–Trinajstić information content (AvgIpc) is 2.30. The highest BCUT2D eigenvalue weighted by Crippen LogP contribution is 2.20. The Morgan fingerprint density at radius 3 is 2.44 bits per heavy atom. The van der Waals surface area contributed by atoms with E-state index in [0.29, 0.717) is 5.75 Å². The zero-order valence-electron chi connectivity index (χ0n) is 9.30. The smallest absolute Gasteiger partial charge is 0.117 e. The number of nitrogens with zero attached hydrogens (tertiary/aromatic N) is 1. The van der Waals surface area contributed by atoms with Crippen LogP contribution < -0.4 is 4.90 Å². The van der Waals surface area contributed by atoms with Gasteiger partial charge in [-0.3, -0.25) is 0 Å².